The van der Waals surface area contributed by atoms with Gasteiger partial charge in [-0.25, -0.2) is 0 Å². The molecule has 0 fully saturated rings. The number of aliphatic carboxylic acids is 1. The molecule has 0 aliphatic carbocycles. The van der Waals surface area contributed by atoms with E-state index in [4.69, 9.17) is 5.11 Å². The smallest absolute Gasteiger partial charge is 0.306 e. The molecule has 0 aromatic rings. The zero-order chi connectivity index (χ0) is 13.0. The van der Waals surface area contributed by atoms with Crippen molar-refractivity contribution in [3.05, 3.63) is 0 Å². The molecule has 2 N–H and O–H groups in total. The molecule has 1 unspecified atom stereocenters. The molecule has 0 saturated heterocycles. The Kier molecular flexibility index (Phi) is 5.44. The van der Waals surface area contributed by atoms with Crippen LogP contribution in [0.5, 0.6) is 0 Å². The van der Waals surface area contributed by atoms with Gasteiger partial charge in [0, 0.05) is 6.42 Å². The van der Waals surface area contributed by atoms with Crippen molar-refractivity contribution >= 4 is 24.4 Å². The highest BCUT2D eigenvalue weighted by Gasteiger charge is 2.42. The van der Waals surface area contributed by atoms with Crippen molar-refractivity contribution < 1.29 is 24.3 Å². The highest BCUT2D eigenvalue weighted by Crippen LogP contribution is 2.18. The zero-order valence-corrected chi connectivity index (χ0v) is 10.8. The Hall–Kier alpha value is -0.590. The number of carbonyl (C=O) groups excluding carboxylic acids is 1. The predicted octanol–water partition coefficient (Wildman–Crippen LogP) is -0.213. The van der Waals surface area contributed by atoms with E-state index in [0.717, 1.165) is 0 Å². The number of quaternary nitrogens is 1. The Balaban J connectivity index is 4.87. The largest absolute Gasteiger partial charge is 0.481 e. The lowest BCUT2D eigenvalue weighted by Crippen LogP contribution is -2.54. The number of carboxylic acids is 1. The minimum atomic E-state index is -1.80. The third-order valence-electron chi connectivity index (χ3n) is 2.04. The zero-order valence-electron chi connectivity index (χ0n) is 9.93. The van der Waals surface area contributed by atoms with Gasteiger partial charge in [0.15, 0.2) is 11.4 Å². The highest BCUT2D eigenvalue weighted by atomic mass is 32.1. The normalized spacial score (nSPS) is 15.6. The summed E-state index contributed by atoms with van der Waals surface area (Å²) in [6.45, 7) is 0.0753. The van der Waals surface area contributed by atoms with Crippen molar-refractivity contribution in [2.75, 3.05) is 33.4 Å². The highest BCUT2D eigenvalue weighted by molar-refractivity contribution is 7.80. The predicted molar refractivity (Wildman–Crippen MR) is 63.6 cm³/mol. The summed E-state index contributed by atoms with van der Waals surface area (Å²) in [5.41, 5.74) is -1.80. The van der Waals surface area contributed by atoms with Crippen LogP contribution in [0.15, 0.2) is 0 Å². The average Bonchev–Trinajstić information content (AvgIpc) is 1.98. The van der Waals surface area contributed by atoms with Gasteiger partial charge in [0.25, 0.3) is 0 Å². The van der Waals surface area contributed by atoms with E-state index in [-0.39, 0.29) is 13.0 Å². The summed E-state index contributed by atoms with van der Waals surface area (Å²) in [4.78, 5) is 22.4. The first-order chi connectivity index (χ1) is 7.10. The fourth-order valence-corrected chi connectivity index (χ4v) is 1.81. The third-order valence-corrected chi connectivity index (χ3v) is 2.26. The van der Waals surface area contributed by atoms with Crippen molar-refractivity contribution in [3.63, 3.8) is 0 Å². The van der Waals surface area contributed by atoms with Gasteiger partial charge in [-0.15, -0.1) is 0 Å². The van der Waals surface area contributed by atoms with Crippen LogP contribution in [0.1, 0.15) is 12.8 Å². The monoisotopic (exact) mass is 250 g/mol. The molecule has 0 rings (SSSR count). The van der Waals surface area contributed by atoms with Crippen molar-refractivity contribution in [1.29, 1.82) is 0 Å². The number of carbonyl (C=O) groups is 2. The number of thiol groups is 1. The Morgan fingerprint density at radius 2 is 1.81 bits per heavy atom. The lowest BCUT2D eigenvalue weighted by Gasteiger charge is -2.33. The van der Waals surface area contributed by atoms with Crippen LogP contribution in [0.2, 0.25) is 0 Å². The van der Waals surface area contributed by atoms with Crippen LogP contribution in [0.25, 0.3) is 0 Å². The summed E-state index contributed by atoms with van der Waals surface area (Å²) in [6, 6.07) is 0. The second kappa shape index (κ2) is 5.65. The molecule has 0 aromatic heterocycles. The average molecular weight is 250 g/mol. The molecule has 0 aliphatic heterocycles. The lowest BCUT2D eigenvalue weighted by atomic mass is 9.91. The second-order valence-electron chi connectivity index (χ2n) is 4.95. The molecular weight excluding hydrogens is 230 g/mol. The molecule has 0 saturated carbocycles. The number of hydrogen-bond donors (Lipinski definition) is 3. The summed E-state index contributed by atoms with van der Waals surface area (Å²) in [5.74, 6) is -1.33. The van der Waals surface area contributed by atoms with E-state index in [0.29, 0.717) is 10.2 Å². The van der Waals surface area contributed by atoms with Gasteiger partial charge in [0.1, 0.15) is 6.54 Å². The first kappa shape index (κ1) is 15.4. The van der Waals surface area contributed by atoms with Gasteiger partial charge >= 0.3 is 5.97 Å². The van der Waals surface area contributed by atoms with Gasteiger partial charge in [-0.05, 0) is 5.75 Å². The summed E-state index contributed by atoms with van der Waals surface area (Å²) >= 11 is 3.91. The van der Waals surface area contributed by atoms with Crippen LogP contribution >= 0.6 is 12.6 Å². The molecule has 0 aromatic carbocycles. The van der Waals surface area contributed by atoms with E-state index in [1.54, 1.807) is 21.1 Å². The van der Waals surface area contributed by atoms with E-state index in [1.807, 2.05) is 0 Å². The fraction of sp³-hybridized carbons (Fsp3) is 0.800. The summed E-state index contributed by atoms with van der Waals surface area (Å²) < 4.78 is 0.322. The summed E-state index contributed by atoms with van der Waals surface area (Å²) in [7, 11) is 5.38. The number of nitrogens with zero attached hydrogens (tertiary/aromatic N) is 1. The number of likely N-dealkylation sites (N-methyl/N-ethyl adjacent to an activating group) is 1. The molecular formula is C10H20NO4S+. The second-order valence-corrected chi connectivity index (χ2v) is 5.39. The molecule has 0 radical (unpaired) electrons. The molecule has 0 heterocycles. The first-order valence-electron chi connectivity index (χ1n) is 4.99. The van der Waals surface area contributed by atoms with E-state index in [9.17, 15) is 14.7 Å². The van der Waals surface area contributed by atoms with E-state index >= 15 is 0 Å². The van der Waals surface area contributed by atoms with E-state index < -0.39 is 23.8 Å². The summed E-state index contributed by atoms with van der Waals surface area (Å²) in [6.07, 6.45) is -0.484. The quantitative estimate of drug-likeness (QED) is 0.432. The van der Waals surface area contributed by atoms with Crippen LogP contribution in [0.3, 0.4) is 0 Å². The molecule has 5 nitrogen and oxygen atoms in total. The van der Waals surface area contributed by atoms with Crippen molar-refractivity contribution in [2.24, 2.45) is 0 Å². The molecule has 1 atom stereocenters. The number of rotatable bonds is 7. The van der Waals surface area contributed by atoms with Crippen molar-refractivity contribution in [3.8, 4) is 0 Å². The van der Waals surface area contributed by atoms with Crippen LogP contribution in [-0.2, 0) is 9.59 Å². The molecule has 0 bridgehead atoms. The number of ketones is 1. The Morgan fingerprint density at radius 1 is 1.31 bits per heavy atom. The Labute approximate surface area is 101 Å². The lowest BCUT2D eigenvalue weighted by molar-refractivity contribution is -0.875. The Bertz CT molecular complexity index is 274. The van der Waals surface area contributed by atoms with Crippen LogP contribution in [0, 0.1) is 0 Å². The van der Waals surface area contributed by atoms with Crippen LogP contribution in [-0.4, -0.2) is 65.5 Å². The van der Waals surface area contributed by atoms with Crippen LogP contribution < -0.4 is 0 Å². The molecule has 6 heteroatoms. The minimum absolute atomic E-state index is 0.0753. The Morgan fingerprint density at radius 3 is 2.12 bits per heavy atom. The number of hydrogen-bond acceptors (Lipinski definition) is 4. The topological polar surface area (TPSA) is 74.6 Å². The standard InChI is InChI=1S/C10H19NO4S/c1-11(2,3)7-10(15,6-9(13)14)8(12)4-5-16/h15H,4-7H2,1-3H3,(H-,13,14,16)/p+1. The SMILES string of the molecule is C[N+](C)(C)CC(O)(CC(=O)O)C(=O)CCS. The third kappa shape index (κ3) is 5.48. The maximum Gasteiger partial charge on any atom is 0.306 e. The van der Waals surface area contributed by atoms with Gasteiger partial charge in [-0.2, -0.15) is 12.6 Å². The molecule has 0 spiro atoms. The molecule has 0 aliphatic rings. The van der Waals surface area contributed by atoms with Gasteiger partial charge < -0.3 is 14.7 Å². The first-order valence-corrected chi connectivity index (χ1v) is 5.63. The number of aliphatic hydroxyl groups is 1. The number of Topliss-reactive ketones (excluding diaryl/α,β-unsaturated/α-hetero) is 1. The maximum atomic E-state index is 11.7. The fourth-order valence-electron chi connectivity index (χ4n) is 1.61. The van der Waals surface area contributed by atoms with Crippen LogP contribution in [0.4, 0.5) is 0 Å². The molecule has 94 valence electrons. The maximum absolute atomic E-state index is 11.7. The van der Waals surface area contributed by atoms with Gasteiger partial charge in [-0.3, -0.25) is 9.59 Å². The molecule has 16 heavy (non-hydrogen) atoms. The van der Waals surface area contributed by atoms with Crippen molar-refractivity contribution in [1.82, 2.24) is 0 Å². The van der Waals surface area contributed by atoms with E-state index in [1.165, 1.54) is 0 Å². The van der Waals surface area contributed by atoms with E-state index in [2.05, 4.69) is 12.6 Å². The minimum Gasteiger partial charge on any atom is -0.481 e. The van der Waals surface area contributed by atoms with Crippen molar-refractivity contribution in [2.45, 2.75) is 18.4 Å². The summed E-state index contributed by atoms with van der Waals surface area (Å²) in [5, 5.41) is 18.9. The number of carboxylic acid groups (broad SMARTS) is 1. The molecule has 0 amide bonds. The van der Waals surface area contributed by atoms with Gasteiger partial charge in [0.2, 0.25) is 0 Å². The van der Waals surface area contributed by atoms with Gasteiger partial charge in [-0.1, -0.05) is 0 Å². The van der Waals surface area contributed by atoms with Gasteiger partial charge in [0.05, 0.1) is 27.6 Å².